The summed E-state index contributed by atoms with van der Waals surface area (Å²) in [7, 11) is -3.69. The second-order valence-electron chi connectivity index (χ2n) is 5.13. The zero-order valence-electron chi connectivity index (χ0n) is 12.9. The van der Waals surface area contributed by atoms with Gasteiger partial charge < -0.3 is 5.32 Å². The summed E-state index contributed by atoms with van der Waals surface area (Å²) in [6.07, 6.45) is 1.02. The molecule has 0 unspecified atom stereocenters. The van der Waals surface area contributed by atoms with Crippen molar-refractivity contribution in [3.8, 4) is 0 Å². The second kappa shape index (κ2) is 7.88. The summed E-state index contributed by atoms with van der Waals surface area (Å²) in [5.74, 6) is -0.435. The molecular formula is C16H16Cl2N2O3S. The molecule has 0 aliphatic heterocycles. The molecule has 1 N–H and O–H groups in total. The molecule has 0 heterocycles. The van der Waals surface area contributed by atoms with E-state index in [9.17, 15) is 13.2 Å². The lowest BCUT2D eigenvalue weighted by atomic mass is 10.2. The zero-order chi connectivity index (χ0) is 17.7. The third-order valence-electron chi connectivity index (χ3n) is 3.20. The molecule has 2 aromatic rings. The van der Waals surface area contributed by atoms with Crippen molar-refractivity contribution in [1.29, 1.82) is 0 Å². The molecule has 1 amide bonds. The molecule has 2 aromatic carbocycles. The number of sulfonamides is 1. The van der Waals surface area contributed by atoms with Crippen LogP contribution in [0.15, 0.2) is 48.5 Å². The van der Waals surface area contributed by atoms with Crippen LogP contribution in [0.2, 0.25) is 10.0 Å². The Morgan fingerprint density at radius 1 is 1.12 bits per heavy atom. The van der Waals surface area contributed by atoms with Crippen molar-refractivity contribution >= 4 is 44.8 Å². The standard InChI is InChI=1S/C16H16Cl2N2O3S/c1-24(22,23)20(15-8-7-13(17)9-14(15)18)11-16(21)19-10-12-5-3-2-4-6-12/h2-9H,10-11H2,1H3,(H,19,21). The van der Waals surface area contributed by atoms with Gasteiger partial charge in [0.05, 0.1) is 17.0 Å². The Kier molecular flexibility index (Phi) is 6.10. The molecule has 0 atom stereocenters. The third kappa shape index (κ3) is 5.12. The number of carbonyl (C=O) groups is 1. The van der Waals surface area contributed by atoms with Crippen LogP contribution in [-0.2, 0) is 21.4 Å². The first kappa shape index (κ1) is 18.6. The Morgan fingerprint density at radius 2 is 1.79 bits per heavy atom. The number of benzene rings is 2. The van der Waals surface area contributed by atoms with Gasteiger partial charge >= 0.3 is 0 Å². The number of hydrogen-bond acceptors (Lipinski definition) is 3. The lowest BCUT2D eigenvalue weighted by Gasteiger charge is -2.23. The minimum absolute atomic E-state index is 0.156. The fourth-order valence-electron chi connectivity index (χ4n) is 2.05. The fraction of sp³-hybridized carbons (Fsp3) is 0.188. The van der Waals surface area contributed by atoms with E-state index >= 15 is 0 Å². The van der Waals surface area contributed by atoms with Crippen LogP contribution in [-0.4, -0.2) is 27.1 Å². The number of nitrogens with zero attached hydrogens (tertiary/aromatic N) is 1. The molecule has 0 aliphatic carbocycles. The SMILES string of the molecule is CS(=O)(=O)N(CC(=O)NCc1ccccc1)c1ccc(Cl)cc1Cl. The number of amides is 1. The molecular weight excluding hydrogens is 371 g/mol. The maximum Gasteiger partial charge on any atom is 0.241 e. The highest BCUT2D eigenvalue weighted by Gasteiger charge is 2.23. The first-order valence-electron chi connectivity index (χ1n) is 7.01. The minimum atomic E-state index is -3.69. The van der Waals surface area contributed by atoms with Gasteiger partial charge in [-0.1, -0.05) is 53.5 Å². The molecule has 0 aromatic heterocycles. The van der Waals surface area contributed by atoms with Crippen LogP contribution in [0.4, 0.5) is 5.69 Å². The van der Waals surface area contributed by atoms with Gasteiger partial charge in [-0.15, -0.1) is 0 Å². The molecule has 0 saturated heterocycles. The van der Waals surface area contributed by atoms with Crippen molar-refractivity contribution < 1.29 is 13.2 Å². The summed E-state index contributed by atoms with van der Waals surface area (Å²) in [6.45, 7) is -0.0569. The molecule has 0 radical (unpaired) electrons. The van der Waals surface area contributed by atoms with Gasteiger partial charge in [0, 0.05) is 11.6 Å². The maximum absolute atomic E-state index is 12.1. The van der Waals surface area contributed by atoms with E-state index in [-0.39, 0.29) is 17.3 Å². The van der Waals surface area contributed by atoms with Crippen LogP contribution in [0.5, 0.6) is 0 Å². The topological polar surface area (TPSA) is 66.5 Å². The van der Waals surface area contributed by atoms with Gasteiger partial charge in [0.1, 0.15) is 6.54 Å². The van der Waals surface area contributed by atoms with Gasteiger partial charge in [-0.05, 0) is 23.8 Å². The molecule has 5 nitrogen and oxygen atoms in total. The minimum Gasteiger partial charge on any atom is -0.350 e. The Morgan fingerprint density at radius 3 is 2.38 bits per heavy atom. The number of hydrogen-bond donors (Lipinski definition) is 1. The van der Waals surface area contributed by atoms with Crippen molar-refractivity contribution in [1.82, 2.24) is 5.32 Å². The van der Waals surface area contributed by atoms with E-state index in [2.05, 4.69) is 5.32 Å². The summed E-state index contributed by atoms with van der Waals surface area (Å²) in [5, 5.41) is 3.22. The second-order valence-corrected chi connectivity index (χ2v) is 7.88. The highest BCUT2D eigenvalue weighted by atomic mass is 35.5. The Hall–Kier alpha value is -1.76. The Bertz CT molecular complexity index is 826. The van der Waals surface area contributed by atoms with Crippen molar-refractivity contribution in [3.63, 3.8) is 0 Å². The van der Waals surface area contributed by atoms with Gasteiger partial charge in [-0.2, -0.15) is 0 Å². The fourth-order valence-corrected chi connectivity index (χ4v) is 3.48. The van der Waals surface area contributed by atoms with Crippen LogP contribution in [0.25, 0.3) is 0 Å². The lowest BCUT2D eigenvalue weighted by molar-refractivity contribution is -0.119. The largest absolute Gasteiger partial charge is 0.350 e. The van der Waals surface area contributed by atoms with E-state index in [0.29, 0.717) is 11.6 Å². The number of rotatable bonds is 6. The van der Waals surface area contributed by atoms with E-state index in [1.807, 2.05) is 30.3 Å². The van der Waals surface area contributed by atoms with Crippen LogP contribution >= 0.6 is 23.2 Å². The maximum atomic E-state index is 12.1. The normalized spacial score (nSPS) is 11.1. The van der Waals surface area contributed by atoms with Crippen molar-refractivity contribution in [3.05, 3.63) is 64.1 Å². The molecule has 0 bridgehead atoms. The summed E-state index contributed by atoms with van der Waals surface area (Å²) >= 11 is 11.9. The average Bonchev–Trinajstić information content (AvgIpc) is 2.51. The highest BCUT2D eigenvalue weighted by Crippen LogP contribution is 2.30. The molecule has 8 heteroatoms. The molecule has 0 spiro atoms. The third-order valence-corrected chi connectivity index (χ3v) is 4.86. The van der Waals surface area contributed by atoms with E-state index < -0.39 is 15.9 Å². The first-order chi connectivity index (χ1) is 11.3. The molecule has 128 valence electrons. The molecule has 24 heavy (non-hydrogen) atoms. The monoisotopic (exact) mass is 386 g/mol. The summed E-state index contributed by atoms with van der Waals surface area (Å²) < 4.78 is 25.0. The van der Waals surface area contributed by atoms with Crippen molar-refractivity contribution in [2.45, 2.75) is 6.54 Å². The number of carbonyl (C=O) groups excluding carboxylic acids is 1. The average molecular weight is 387 g/mol. The predicted molar refractivity (Wildman–Crippen MR) is 96.9 cm³/mol. The summed E-state index contributed by atoms with van der Waals surface area (Å²) in [5.41, 5.74) is 1.12. The van der Waals surface area contributed by atoms with Gasteiger partial charge in [0.2, 0.25) is 15.9 Å². The highest BCUT2D eigenvalue weighted by molar-refractivity contribution is 7.92. The summed E-state index contributed by atoms with van der Waals surface area (Å²) in [6, 6.07) is 13.7. The van der Waals surface area contributed by atoms with Gasteiger partial charge in [-0.25, -0.2) is 8.42 Å². The van der Waals surface area contributed by atoms with Crippen LogP contribution in [0, 0.1) is 0 Å². The van der Waals surface area contributed by atoms with Crippen LogP contribution in [0.3, 0.4) is 0 Å². The van der Waals surface area contributed by atoms with Crippen LogP contribution < -0.4 is 9.62 Å². The smallest absolute Gasteiger partial charge is 0.241 e. The van der Waals surface area contributed by atoms with E-state index in [1.165, 1.54) is 18.2 Å². The lowest BCUT2D eigenvalue weighted by Crippen LogP contribution is -2.40. The van der Waals surface area contributed by atoms with E-state index in [1.54, 1.807) is 0 Å². The van der Waals surface area contributed by atoms with E-state index in [0.717, 1.165) is 16.1 Å². The predicted octanol–water partition coefficient (Wildman–Crippen LogP) is 3.08. The van der Waals surface area contributed by atoms with Crippen molar-refractivity contribution in [2.24, 2.45) is 0 Å². The molecule has 0 fully saturated rings. The van der Waals surface area contributed by atoms with Crippen molar-refractivity contribution in [2.75, 3.05) is 17.1 Å². The quantitative estimate of drug-likeness (QED) is 0.829. The Labute approximate surface area is 151 Å². The number of anilines is 1. The van der Waals surface area contributed by atoms with E-state index in [4.69, 9.17) is 23.2 Å². The number of nitrogens with one attached hydrogen (secondary N) is 1. The number of halogens is 2. The molecule has 2 rings (SSSR count). The summed E-state index contributed by atoms with van der Waals surface area (Å²) in [4.78, 5) is 12.1. The molecule has 0 aliphatic rings. The molecule has 0 saturated carbocycles. The van der Waals surface area contributed by atoms with Gasteiger partial charge in [0.15, 0.2) is 0 Å². The first-order valence-corrected chi connectivity index (χ1v) is 9.61. The van der Waals surface area contributed by atoms with Gasteiger partial charge in [-0.3, -0.25) is 9.10 Å². The van der Waals surface area contributed by atoms with Crippen LogP contribution in [0.1, 0.15) is 5.56 Å². The Balaban J connectivity index is 2.13. The van der Waals surface area contributed by atoms with Gasteiger partial charge in [0.25, 0.3) is 0 Å². The zero-order valence-corrected chi connectivity index (χ0v) is 15.2.